The average molecular weight is 272 g/mol. The van der Waals surface area contributed by atoms with Crippen molar-refractivity contribution < 1.29 is 24.9 Å². The van der Waals surface area contributed by atoms with E-state index in [0.717, 1.165) is 6.07 Å². The number of aromatic carboxylic acids is 2. The molecule has 0 aliphatic heterocycles. The Morgan fingerprint density at radius 3 is 2.20 bits per heavy atom. The summed E-state index contributed by atoms with van der Waals surface area (Å²) in [5, 5.41) is 27.7. The zero-order chi connectivity index (χ0) is 14.7. The monoisotopic (exact) mass is 272 g/mol. The molecule has 0 spiro atoms. The SMILES string of the molecule is O=C(O)c1ccc(Cc2ccccc2O)c(C(=O)O)c1. The number of para-hydroxylation sites is 1. The summed E-state index contributed by atoms with van der Waals surface area (Å²) >= 11 is 0. The molecule has 0 atom stereocenters. The summed E-state index contributed by atoms with van der Waals surface area (Å²) in [6, 6.07) is 10.5. The van der Waals surface area contributed by atoms with Crippen LogP contribution in [0.5, 0.6) is 5.75 Å². The predicted octanol–water partition coefficient (Wildman–Crippen LogP) is 2.38. The van der Waals surface area contributed by atoms with Gasteiger partial charge in [-0.15, -0.1) is 0 Å². The molecule has 2 aromatic carbocycles. The predicted molar refractivity (Wildman–Crippen MR) is 71.3 cm³/mol. The Kier molecular flexibility index (Phi) is 3.70. The summed E-state index contributed by atoms with van der Waals surface area (Å²) in [5.41, 5.74) is 0.874. The van der Waals surface area contributed by atoms with Gasteiger partial charge in [-0.3, -0.25) is 0 Å². The van der Waals surface area contributed by atoms with E-state index in [2.05, 4.69) is 0 Å². The molecule has 2 rings (SSSR count). The lowest BCUT2D eigenvalue weighted by Gasteiger charge is -2.08. The Balaban J connectivity index is 2.44. The van der Waals surface area contributed by atoms with E-state index in [1.54, 1.807) is 18.2 Å². The maximum absolute atomic E-state index is 11.2. The van der Waals surface area contributed by atoms with Gasteiger partial charge >= 0.3 is 11.9 Å². The van der Waals surface area contributed by atoms with Gasteiger partial charge in [-0.05, 0) is 29.3 Å². The standard InChI is InChI=1S/C15H12O5/c16-13-4-2-1-3-10(13)7-9-5-6-11(14(17)18)8-12(9)15(19)20/h1-6,8,16H,7H2,(H,17,18)(H,19,20). The second-order valence-electron chi connectivity index (χ2n) is 4.29. The van der Waals surface area contributed by atoms with Crippen LogP contribution in [-0.4, -0.2) is 27.3 Å². The number of phenols is 1. The van der Waals surface area contributed by atoms with Crippen molar-refractivity contribution in [3.05, 3.63) is 64.7 Å². The second-order valence-corrected chi connectivity index (χ2v) is 4.29. The molecule has 0 aliphatic rings. The Morgan fingerprint density at radius 1 is 0.900 bits per heavy atom. The van der Waals surface area contributed by atoms with Crippen LogP contribution in [0, 0.1) is 0 Å². The van der Waals surface area contributed by atoms with Crippen LogP contribution in [0.3, 0.4) is 0 Å². The molecule has 2 aromatic rings. The van der Waals surface area contributed by atoms with E-state index in [0.29, 0.717) is 11.1 Å². The number of carboxylic acids is 2. The van der Waals surface area contributed by atoms with Gasteiger partial charge in [0.25, 0.3) is 0 Å². The summed E-state index contributed by atoms with van der Waals surface area (Å²) in [7, 11) is 0. The number of hydrogen-bond acceptors (Lipinski definition) is 3. The number of benzene rings is 2. The Labute approximate surface area is 114 Å². The number of carbonyl (C=O) groups is 2. The lowest BCUT2D eigenvalue weighted by molar-refractivity contribution is 0.0695. The molecule has 0 saturated carbocycles. The van der Waals surface area contributed by atoms with Crippen LogP contribution in [0.2, 0.25) is 0 Å². The summed E-state index contributed by atoms with van der Waals surface area (Å²) in [4.78, 5) is 22.1. The van der Waals surface area contributed by atoms with E-state index in [-0.39, 0.29) is 23.3 Å². The molecule has 0 fully saturated rings. The van der Waals surface area contributed by atoms with Crippen LogP contribution in [0.25, 0.3) is 0 Å². The fraction of sp³-hybridized carbons (Fsp3) is 0.0667. The summed E-state index contributed by atoms with van der Waals surface area (Å²) in [6.07, 6.45) is 0.216. The van der Waals surface area contributed by atoms with Gasteiger partial charge in [-0.25, -0.2) is 9.59 Å². The van der Waals surface area contributed by atoms with Crippen molar-refractivity contribution in [3.63, 3.8) is 0 Å². The van der Waals surface area contributed by atoms with Crippen LogP contribution >= 0.6 is 0 Å². The van der Waals surface area contributed by atoms with Crippen molar-refractivity contribution in [1.82, 2.24) is 0 Å². The van der Waals surface area contributed by atoms with E-state index >= 15 is 0 Å². The molecule has 0 saturated heterocycles. The Hall–Kier alpha value is -2.82. The van der Waals surface area contributed by atoms with E-state index in [9.17, 15) is 14.7 Å². The first kappa shape index (κ1) is 13.6. The van der Waals surface area contributed by atoms with Crippen LogP contribution in [0.4, 0.5) is 0 Å². The van der Waals surface area contributed by atoms with Gasteiger partial charge in [0.2, 0.25) is 0 Å². The molecule has 5 heteroatoms. The van der Waals surface area contributed by atoms with Gasteiger partial charge in [0.15, 0.2) is 0 Å². The molecule has 0 heterocycles. The van der Waals surface area contributed by atoms with E-state index in [1.807, 2.05) is 0 Å². The minimum atomic E-state index is -1.20. The Bertz CT molecular complexity index is 676. The summed E-state index contributed by atoms with van der Waals surface area (Å²) < 4.78 is 0. The van der Waals surface area contributed by atoms with Crippen LogP contribution in [0.1, 0.15) is 31.8 Å². The highest BCUT2D eigenvalue weighted by atomic mass is 16.4. The van der Waals surface area contributed by atoms with Crippen molar-refractivity contribution in [2.75, 3.05) is 0 Å². The van der Waals surface area contributed by atoms with Crippen molar-refractivity contribution >= 4 is 11.9 Å². The first-order valence-electron chi connectivity index (χ1n) is 5.85. The molecule has 0 bridgehead atoms. The molecule has 3 N–H and O–H groups in total. The first-order chi connectivity index (χ1) is 9.49. The fourth-order valence-corrected chi connectivity index (χ4v) is 1.93. The molecule has 0 radical (unpaired) electrons. The first-order valence-corrected chi connectivity index (χ1v) is 5.85. The lowest BCUT2D eigenvalue weighted by atomic mass is 9.97. The maximum atomic E-state index is 11.2. The Morgan fingerprint density at radius 2 is 1.60 bits per heavy atom. The highest BCUT2D eigenvalue weighted by Crippen LogP contribution is 2.22. The average Bonchev–Trinajstić information content (AvgIpc) is 2.41. The normalized spacial score (nSPS) is 10.2. The van der Waals surface area contributed by atoms with Gasteiger partial charge in [0.05, 0.1) is 11.1 Å². The largest absolute Gasteiger partial charge is 0.508 e. The van der Waals surface area contributed by atoms with Crippen molar-refractivity contribution in [2.24, 2.45) is 0 Å². The number of phenolic OH excluding ortho intramolecular Hbond substituents is 1. The minimum Gasteiger partial charge on any atom is -0.508 e. The molecule has 5 nitrogen and oxygen atoms in total. The topological polar surface area (TPSA) is 94.8 Å². The number of hydrogen-bond donors (Lipinski definition) is 3. The third kappa shape index (κ3) is 2.77. The molecule has 0 aromatic heterocycles. The van der Waals surface area contributed by atoms with Gasteiger partial charge in [0.1, 0.15) is 5.75 Å². The van der Waals surface area contributed by atoms with Crippen LogP contribution < -0.4 is 0 Å². The second kappa shape index (κ2) is 5.44. The van der Waals surface area contributed by atoms with Crippen LogP contribution in [-0.2, 0) is 6.42 Å². The number of carboxylic acid groups (broad SMARTS) is 2. The summed E-state index contributed by atoms with van der Waals surface area (Å²) in [5.74, 6) is -2.30. The van der Waals surface area contributed by atoms with Gasteiger partial charge in [0, 0.05) is 6.42 Å². The van der Waals surface area contributed by atoms with Crippen molar-refractivity contribution in [2.45, 2.75) is 6.42 Å². The number of rotatable bonds is 4. The van der Waals surface area contributed by atoms with Crippen molar-refractivity contribution in [1.29, 1.82) is 0 Å². The van der Waals surface area contributed by atoms with Crippen molar-refractivity contribution in [3.8, 4) is 5.75 Å². The molecular weight excluding hydrogens is 260 g/mol. The van der Waals surface area contributed by atoms with Gasteiger partial charge < -0.3 is 15.3 Å². The smallest absolute Gasteiger partial charge is 0.336 e. The van der Waals surface area contributed by atoms with E-state index in [1.165, 1.54) is 18.2 Å². The molecule has 20 heavy (non-hydrogen) atoms. The molecular formula is C15H12O5. The zero-order valence-electron chi connectivity index (χ0n) is 10.4. The van der Waals surface area contributed by atoms with Gasteiger partial charge in [-0.2, -0.15) is 0 Å². The highest BCUT2D eigenvalue weighted by Gasteiger charge is 2.15. The molecule has 0 unspecified atom stereocenters. The lowest BCUT2D eigenvalue weighted by Crippen LogP contribution is -2.06. The molecule has 0 amide bonds. The molecule has 102 valence electrons. The quantitative estimate of drug-likeness (QED) is 0.794. The zero-order valence-corrected chi connectivity index (χ0v) is 10.4. The van der Waals surface area contributed by atoms with Crippen LogP contribution in [0.15, 0.2) is 42.5 Å². The third-order valence-corrected chi connectivity index (χ3v) is 2.96. The van der Waals surface area contributed by atoms with E-state index in [4.69, 9.17) is 10.2 Å². The molecule has 0 aliphatic carbocycles. The number of aromatic hydroxyl groups is 1. The minimum absolute atomic E-state index is 0.0751. The fourth-order valence-electron chi connectivity index (χ4n) is 1.93. The van der Waals surface area contributed by atoms with Gasteiger partial charge in [-0.1, -0.05) is 24.3 Å². The highest BCUT2D eigenvalue weighted by molar-refractivity contribution is 5.95. The van der Waals surface area contributed by atoms with E-state index < -0.39 is 11.9 Å². The summed E-state index contributed by atoms with van der Waals surface area (Å²) in [6.45, 7) is 0. The third-order valence-electron chi connectivity index (χ3n) is 2.96. The maximum Gasteiger partial charge on any atom is 0.336 e.